The number of nitrogens with one attached hydrogen (secondary N) is 2. The molecule has 0 fully saturated rings. The molecule has 0 aliphatic rings. The lowest BCUT2D eigenvalue weighted by Crippen LogP contribution is -2.25. The van der Waals surface area contributed by atoms with Crippen molar-refractivity contribution in [1.82, 2.24) is 10.6 Å². The number of carbonyl (C=O) groups is 2. The maximum Gasteiger partial charge on any atom is 0.255 e. The second-order valence-electron chi connectivity index (χ2n) is 9.69. The third kappa shape index (κ3) is 10.7. The Labute approximate surface area is 212 Å². The molecule has 5 heteroatoms. The predicted octanol–water partition coefficient (Wildman–Crippen LogP) is 7.51. The molecule has 0 aliphatic carbocycles. The van der Waals surface area contributed by atoms with E-state index in [0.717, 1.165) is 36.5 Å². The second kappa shape index (κ2) is 17.0. The van der Waals surface area contributed by atoms with Crippen LogP contribution in [-0.2, 0) is 0 Å². The molecule has 0 aliphatic heterocycles. The Morgan fingerprint density at radius 3 is 1.71 bits per heavy atom. The number of unbranched alkanes of at least 4 members (excludes halogenated alkanes) is 12. The van der Waals surface area contributed by atoms with Gasteiger partial charge in [-0.05, 0) is 47.9 Å². The van der Waals surface area contributed by atoms with Crippen molar-refractivity contribution in [3.05, 3.63) is 41.5 Å². The van der Waals surface area contributed by atoms with E-state index in [-0.39, 0.29) is 23.1 Å². The molecule has 0 saturated heterocycles. The number of phenols is 1. The van der Waals surface area contributed by atoms with E-state index in [2.05, 4.69) is 24.5 Å². The van der Waals surface area contributed by atoms with Gasteiger partial charge in [-0.2, -0.15) is 0 Å². The summed E-state index contributed by atoms with van der Waals surface area (Å²) in [5, 5.41) is 17.9. The standard InChI is InChI=1S/C30H46N2O3/c1-3-5-7-9-11-13-15-19-31-29(34)25-18-17-24-23-28(33)27(22-26(24)21-25)30(35)32-20-16-14-12-10-8-6-4-2/h17-18,21-23,33H,3-16,19-20H2,1-2H3,(H,31,34)(H,32,35). The molecule has 2 amide bonds. The van der Waals surface area contributed by atoms with Gasteiger partial charge in [0.25, 0.3) is 11.8 Å². The van der Waals surface area contributed by atoms with Gasteiger partial charge in [0, 0.05) is 18.7 Å². The van der Waals surface area contributed by atoms with Crippen molar-refractivity contribution in [2.45, 2.75) is 104 Å². The molecular formula is C30H46N2O3. The van der Waals surface area contributed by atoms with Crippen LogP contribution in [0.5, 0.6) is 5.75 Å². The number of aromatic hydroxyl groups is 1. The number of fused-ring (bicyclic) bond motifs is 1. The third-order valence-corrected chi connectivity index (χ3v) is 6.59. The molecule has 0 heterocycles. The van der Waals surface area contributed by atoms with E-state index < -0.39 is 0 Å². The van der Waals surface area contributed by atoms with Gasteiger partial charge in [0.2, 0.25) is 0 Å². The van der Waals surface area contributed by atoms with Crippen LogP contribution in [0.2, 0.25) is 0 Å². The average molecular weight is 483 g/mol. The van der Waals surface area contributed by atoms with Crippen molar-refractivity contribution < 1.29 is 14.7 Å². The Hall–Kier alpha value is -2.56. The van der Waals surface area contributed by atoms with E-state index in [1.807, 2.05) is 6.07 Å². The summed E-state index contributed by atoms with van der Waals surface area (Å²) in [6.07, 6.45) is 16.8. The first-order valence-corrected chi connectivity index (χ1v) is 13.9. The number of phenolic OH excluding ortho intramolecular Hbond substituents is 1. The topological polar surface area (TPSA) is 78.4 Å². The SMILES string of the molecule is CCCCCCCCCNC(=O)c1ccc2cc(O)c(C(=O)NCCCCCCCCC)cc2c1. The van der Waals surface area contributed by atoms with Crippen molar-refractivity contribution in [2.24, 2.45) is 0 Å². The highest BCUT2D eigenvalue weighted by Crippen LogP contribution is 2.26. The molecule has 0 bridgehead atoms. The summed E-state index contributed by atoms with van der Waals surface area (Å²) in [4.78, 5) is 25.2. The van der Waals surface area contributed by atoms with Crippen molar-refractivity contribution in [2.75, 3.05) is 13.1 Å². The Morgan fingerprint density at radius 2 is 1.14 bits per heavy atom. The molecule has 35 heavy (non-hydrogen) atoms. The minimum Gasteiger partial charge on any atom is -0.507 e. The Kier molecular flexibility index (Phi) is 13.9. The summed E-state index contributed by atoms with van der Waals surface area (Å²) in [5.74, 6) is -0.411. The number of rotatable bonds is 18. The van der Waals surface area contributed by atoms with Gasteiger partial charge in [-0.15, -0.1) is 0 Å². The zero-order valence-electron chi connectivity index (χ0n) is 22.0. The first-order valence-electron chi connectivity index (χ1n) is 13.9. The lowest BCUT2D eigenvalue weighted by atomic mass is 10.0. The molecule has 2 aromatic carbocycles. The zero-order valence-corrected chi connectivity index (χ0v) is 22.0. The van der Waals surface area contributed by atoms with Gasteiger partial charge in [-0.25, -0.2) is 0 Å². The molecule has 0 radical (unpaired) electrons. The molecule has 2 rings (SSSR count). The van der Waals surface area contributed by atoms with Gasteiger partial charge in [-0.3, -0.25) is 9.59 Å². The van der Waals surface area contributed by atoms with Gasteiger partial charge in [0.05, 0.1) is 5.56 Å². The van der Waals surface area contributed by atoms with E-state index in [4.69, 9.17) is 0 Å². The Morgan fingerprint density at radius 1 is 0.629 bits per heavy atom. The second-order valence-corrected chi connectivity index (χ2v) is 9.69. The fourth-order valence-electron chi connectivity index (χ4n) is 4.37. The van der Waals surface area contributed by atoms with Crippen LogP contribution < -0.4 is 10.6 Å². The van der Waals surface area contributed by atoms with E-state index in [1.165, 1.54) is 64.2 Å². The molecule has 194 valence electrons. The van der Waals surface area contributed by atoms with Crippen LogP contribution in [0.3, 0.4) is 0 Å². The van der Waals surface area contributed by atoms with Gasteiger partial charge in [0.1, 0.15) is 5.75 Å². The number of carbonyl (C=O) groups excluding carboxylic acids is 2. The summed E-state index contributed by atoms with van der Waals surface area (Å²) in [7, 11) is 0. The Bertz CT molecular complexity index is 910. The monoisotopic (exact) mass is 482 g/mol. The molecular weight excluding hydrogens is 436 g/mol. The van der Waals surface area contributed by atoms with Crippen molar-refractivity contribution in [3.8, 4) is 5.75 Å². The minimum atomic E-state index is -0.274. The third-order valence-electron chi connectivity index (χ3n) is 6.59. The molecule has 3 N–H and O–H groups in total. The maximum atomic E-state index is 12.6. The van der Waals surface area contributed by atoms with Gasteiger partial charge in [-0.1, -0.05) is 97.0 Å². The maximum absolute atomic E-state index is 12.6. The quantitative estimate of drug-likeness (QED) is 0.192. The predicted molar refractivity (Wildman–Crippen MR) is 146 cm³/mol. The summed E-state index contributed by atoms with van der Waals surface area (Å²) in [6, 6.07) is 8.65. The smallest absolute Gasteiger partial charge is 0.255 e. The fourth-order valence-corrected chi connectivity index (χ4v) is 4.37. The summed E-state index contributed by atoms with van der Waals surface area (Å²) in [5.41, 5.74) is 0.821. The van der Waals surface area contributed by atoms with E-state index in [9.17, 15) is 14.7 Å². The lowest BCUT2D eigenvalue weighted by molar-refractivity contribution is 0.0943. The molecule has 0 saturated carbocycles. The Balaban J connectivity index is 1.83. The molecule has 0 aromatic heterocycles. The number of amides is 2. The summed E-state index contributed by atoms with van der Waals surface area (Å²) < 4.78 is 0. The zero-order chi connectivity index (χ0) is 25.3. The molecule has 2 aromatic rings. The van der Waals surface area contributed by atoms with E-state index >= 15 is 0 Å². The largest absolute Gasteiger partial charge is 0.507 e. The first-order chi connectivity index (χ1) is 17.1. The van der Waals surface area contributed by atoms with Gasteiger partial charge < -0.3 is 15.7 Å². The highest BCUT2D eigenvalue weighted by atomic mass is 16.3. The molecule has 0 atom stereocenters. The van der Waals surface area contributed by atoms with Gasteiger partial charge >= 0.3 is 0 Å². The van der Waals surface area contributed by atoms with Crippen LogP contribution >= 0.6 is 0 Å². The summed E-state index contributed by atoms with van der Waals surface area (Å²) in [6.45, 7) is 5.71. The van der Waals surface area contributed by atoms with E-state index in [0.29, 0.717) is 18.7 Å². The molecule has 0 spiro atoms. The lowest BCUT2D eigenvalue weighted by Gasteiger charge is -2.10. The van der Waals surface area contributed by atoms with Crippen molar-refractivity contribution in [1.29, 1.82) is 0 Å². The average Bonchev–Trinajstić information content (AvgIpc) is 2.86. The van der Waals surface area contributed by atoms with Crippen molar-refractivity contribution >= 4 is 22.6 Å². The first kappa shape index (κ1) is 28.7. The van der Waals surface area contributed by atoms with E-state index in [1.54, 1.807) is 24.3 Å². The highest BCUT2D eigenvalue weighted by molar-refractivity contribution is 6.03. The van der Waals surface area contributed by atoms with Crippen LogP contribution in [0.25, 0.3) is 10.8 Å². The normalized spacial score (nSPS) is 11.0. The molecule has 5 nitrogen and oxygen atoms in total. The molecule has 0 unspecified atom stereocenters. The number of hydrogen-bond acceptors (Lipinski definition) is 3. The van der Waals surface area contributed by atoms with Crippen molar-refractivity contribution in [3.63, 3.8) is 0 Å². The fraction of sp³-hybridized carbons (Fsp3) is 0.600. The minimum absolute atomic E-state index is 0.0364. The van der Waals surface area contributed by atoms with Crippen LogP contribution in [0.4, 0.5) is 0 Å². The highest BCUT2D eigenvalue weighted by Gasteiger charge is 2.14. The van der Waals surface area contributed by atoms with Crippen LogP contribution in [-0.4, -0.2) is 30.0 Å². The van der Waals surface area contributed by atoms with Crippen LogP contribution in [0.1, 0.15) is 124 Å². The summed E-state index contributed by atoms with van der Waals surface area (Å²) >= 11 is 0. The van der Waals surface area contributed by atoms with Crippen LogP contribution in [0, 0.1) is 0 Å². The number of hydrogen-bond donors (Lipinski definition) is 3. The van der Waals surface area contributed by atoms with Crippen LogP contribution in [0.15, 0.2) is 30.3 Å². The number of benzene rings is 2. The van der Waals surface area contributed by atoms with Gasteiger partial charge in [0.15, 0.2) is 0 Å².